The number of nitrogens with two attached hydrogens (primary N) is 1. The Morgan fingerprint density at radius 1 is 1.37 bits per heavy atom. The lowest BCUT2D eigenvalue weighted by atomic mass is 9.94. The van der Waals surface area contributed by atoms with Gasteiger partial charge in [0.05, 0.1) is 7.11 Å². The number of phenolic OH excluding ortho intramolecular Hbond substituents is 1. The van der Waals surface area contributed by atoms with E-state index in [2.05, 4.69) is 10.2 Å². The van der Waals surface area contributed by atoms with E-state index in [0.717, 1.165) is 24.2 Å². The smallest absolute Gasteiger partial charge is 0.342 e. The van der Waals surface area contributed by atoms with E-state index < -0.39 is 5.97 Å². The number of ether oxygens (including phenoxy) is 2. The van der Waals surface area contributed by atoms with E-state index in [4.69, 9.17) is 15.2 Å². The second-order valence-electron chi connectivity index (χ2n) is 7.61. The summed E-state index contributed by atoms with van der Waals surface area (Å²) in [6.45, 7) is 6.70. The zero-order valence-electron chi connectivity index (χ0n) is 18.3. The Morgan fingerprint density at radius 3 is 2.77 bits per heavy atom. The number of benzene rings is 1. The normalized spacial score (nSPS) is 13.4. The number of aromatic hydroxyl groups is 1. The number of nitrogens with one attached hydrogen (secondary N) is 1. The second-order valence-corrected chi connectivity index (χ2v) is 7.61. The average Bonchev–Trinajstić information content (AvgIpc) is 3.10. The molecule has 1 aliphatic heterocycles. The first-order valence-electron chi connectivity index (χ1n) is 10.2. The van der Waals surface area contributed by atoms with Gasteiger partial charge < -0.3 is 30.5 Å². The van der Waals surface area contributed by atoms with Gasteiger partial charge in [-0.05, 0) is 39.3 Å². The van der Waals surface area contributed by atoms with Gasteiger partial charge in [-0.2, -0.15) is 0 Å². The SMILES string of the molecule is COc1c(C)c2c(c(O)c1CC=C(C)CCC(=O)NCCN(C)CCN)C(=O)OC2. The van der Waals surface area contributed by atoms with Crippen molar-refractivity contribution >= 4 is 11.9 Å². The van der Waals surface area contributed by atoms with Crippen molar-refractivity contribution in [3.05, 3.63) is 33.9 Å². The first-order chi connectivity index (χ1) is 14.3. The number of rotatable bonds is 11. The summed E-state index contributed by atoms with van der Waals surface area (Å²) >= 11 is 0. The maximum Gasteiger partial charge on any atom is 0.342 e. The highest BCUT2D eigenvalue weighted by molar-refractivity contribution is 5.98. The molecule has 0 saturated heterocycles. The Hall–Kier alpha value is -2.58. The molecule has 1 heterocycles. The number of carbonyl (C=O) groups is 2. The van der Waals surface area contributed by atoms with Crippen molar-refractivity contribution in [2.75, 3.05) is 40.3 Å². The van der Waals surface area contributed by atoms with Gasteiger partial charge in [0.1, 0.15) is 23.7 Å². The van der Waals surface area contributed by atoms with Gasteiger partial charge in [-0.3, -0.25) is 4.79 Å². The van der Waals surface area contributed by atoms with Gasteiger partial charge in [0.25, 0.3) is 0 Å². The number of likely N-dealkylation sites (N-methyl/N-ethyl adjacent to an activating group) is 1. The zero-order valence-corrected chi connectivity index (χ0v) is 18.3. The molecular weight excluding hydrogens is 386 g/mol. The monoisotopic (exact) mass is 419 g/mol. The standard InChI is InChI=1S/C22H33N3O5/c1-14(6-8-18(26)24-10-12-25(3)11-9-23)5-7-16-20(27)19-17(13-30-22(19)28)15(2)21(16)29-4/h5,27H,6-13,23H2,1-4H3,(H,24,26). The van der Waals surface area contributed by atoms with Crippen molar-refractivity contribution in [3.8, 4) is 11.5 Å². The number of methoxy groups -OCH3 is 1. The van der Waals surface area contributed by atoms with Crippen molar-refractivity contribution in [2.45, 2.75) is 39.7 Å². The molecule has 0 fully saturated rings. The second kappa shape index (κ2) is 11.0. The number of allylic oxidation sites excluding steroid dienone is 2. The molecule has 4 N–H and O–H groups in total. The van der Waals surface area contributed by atoms with E-state index in [-0.39, 0.29) is 23.8 Å². The Balaban J connectivity index is 1.96. The quantitative estimate of drug-likeness (QED) is 0.369. The van der Waals surface area contributed by atoms with Gasteiger partial charge in [0.15, 0.2) is 0 Å². The topological polar surface area (TPSA) is 114 Å². The molecule has 0 radical (unpaired) electrons. The molecular formula is C22H33N3O5. The number of hydrogen-bond donors (Lipinski definition) is 3. The zero-order chi connectivity index (χ0) is 22.3. The van der Waals surface area contributed by atoms with Crippen LogP contribution in [0.5, 0.6) is 11.5 Å². The summed E-state index contributed by atoms with van der Waals surface area (Å²) in [6.07, 6.45) is 3.35. The summed E-state index contributed by atoms with van der Waals surface area (Å²) in [5.74, 6) is -0.0317. The summed E-state index contributed by atoms with van der Waals surface area (Å²) in [5, 5.41) is 13.6. The van der Waals surface area contributed by atoms with Gasteiger partial charge in [0, 0.05) is 43.7 Å². The number of hydrogen-bond acceptors (Lipinski definition) is 7. The number of nitrogens with zero attached hydrogens (tertiary/aromatic N) is 1. The maximum atomic E-state index is 12.0. The lowest BCUT2D eigenvalue weighted by molar-refractivity contribution is -0.121. The van der Waals surface area contributed by atoms with Gasteiger partial charge in [-0.25, -0.2) is 4.79 Å². The molecule has 30 heavy (non-hydrogen) atoms. The minimum Gasteiger partial charge on any atom is -0.507 e. The molecule has 0 unspecified atom stereocenters. The summed E-state index contributed by atoms with van der Waals surface area (Å²) < 4.78 is 10.6. The van der Waals surface area contributed by atoms with Crippen molar-refractivity contribution in [2.24, 2.45) is 5.73 Å². The van der Waals surface area contributed by atoms with Crippen LogP contribution in [0.4, 0.5) is 0 Å². The van der Waals surface area contributed by atoms with Crippen LogP contribution in [0.2, 0.25) is 0 Å². The number of cyclic esters (lactones) is 1. The molecule has 0 saturated carbocycles. The van der Waals surface area contributed by atoms with Crippen LogP contribution in [0.25, 0.3) is 0 Å². The highest BCUT2D eigenvalue weighted by atomic mass is 16.5. The Morgan fingerprint density at radius 2 is 2.10 bits per heavy atom. The fraction of sp³-hybridized carbons (Fsp3) is 0.545. The fourth-order valence-electron chi connectivity index (χ4n) is 3.52. The van der Waals surface area contributed by atoms with E-state index >= 15 is 0 Å². The van der Waals surface area contributed by atoms with Crippen LogP contribution < -0.4 is 15.8 Å². The van der Waals surface area contributed by atoms with Crippen molar-refractivity contribution < 1.29 is 24.2 Å². The van der Waals surface area contributed by atoms with Gasteiger partial charge in [-0.15, -0.1) is 0 Å². The Labute approximate surface area is 178 Å². The van der Waals surface area contributed by atoms with Crippen molar-refractivity contribution in [1.82, 2.24) is 10.2 Å². The summed E-state index contributed by atoms with van der Waals surface area (Å²) in [7, 11) is 3.51. The molecule has 1 aliphatic rings. The lowest BCUT2D eigenvalue weighted by Crippen LogP contribution is -2.35. The molecule has 2 rings (SSSR count). The van der Waals surface area contributed by atoms with E-state index in [9.17, 15) is 14.7 Å². The van der Waals surface area contributed by atoms with Crippen molar-refractivity contribution in [1.29, 1.82) is 0 Å². The number of phenols is 1. The van der Waals surface area contributed by atoms with E-state index in [1.807, 2.05) is 27.0 Å². The van der Waals surface area contributed by atoms with Crippen LogP contribution in [-0.4, -0.2) is 62.2 Å². The third-order valence-electron chi connectivity index (χ3n) is 5.38. The summed E-state index contributed by atoms with van der Waals surface area (Å²) in [4.78, 5) is 26.1. The minimum atomic E-state index is -0.510. The summed E-state index contributed by atoms with van der Waals surface area (Å²) in [6, 6.07) is 0. The van der Waals surface area contributed by atoms with Crippen LogP contribution in [0.15, 0.2) is 11.6 Å². The molecule has 166 valence electrons. The van der Waals surface area contributed by atoms with Crippen LogP contribution in [0.1, 0.15) is 46.8 Å². The van der Waals surface area contributed by atoms with E-state index in [0.29, 0.717) is 49.2 Å². The maximum absolute atomic E-state index is 12.0. The van der Waals surface area contributed by atoms with Gasteiger partial charge in [-0.1, -0.05) is 11.6 Å². The highest BCUT2D eigenvalue weighted by Gasteiger charge is 2.31. The van der Waals surface area contributed by atoms with Crippen LogP contribution >= 0.6 is 0 Å². The average molecular weight is 420 g/mol. The van der Waals surface area contributed by atoms with Crippen LogP contribution in [0.3, 0.4) is 0 Å². The molecule has 0 atom stereocenters. The third kappa shape index (κ3) is 5.73. The fourth-order valence-corrected chi connectivity index (χ4v) is 3.52. The highest BCUT2D eigenvalue weighted by Crippen LogP contribution is 2.42. The summed E-state index contributed by atoms with van der Waals surface area (Å²) in [5.41, 5.74) is 8.78. The molecule has 0 aliphatic carbocycles. The van der Waals surface area contributed by atoms with E-state index in [1.54, 1.807) is 7.11 Å². The molecule has 8 nitrogen and oxygen atoms in total. The van der Waals surface area contributed by atoms with Crippen LogP contribution in [0, 0.1) is 6.92 Å². The largest absolute Gasteiger partial charge is 0.507 e. The number of carbonyl (C=O) groups excluding carboxylic acids is 2. The molecule has 0 aromatic heterocycles. The van der Waals surface area contributed by atoms with E-state index in [1.165, 1.54) is 0 Å². The molecule has 1 aromatic carbocycles. The molecule has 0 spiro atoms. The van der Waals surface area contributed by atoms with Crippen molar-refractivity contribution in [3.63, 3.8) is 0 Å². The Bertz CT molecular complexity index is 820. The van der Waals surface area contributed by atoms with Crippen LogP contribution in [-0.2, 0) is 22.6 Å². The molecule has 8 heteroatoms. The predicted octanol–water partition coefficient (Wildman–Crippen LogP) is 1.66. The molecule has 1 amide bonds. The predicted molar refractivity (Wildman–Crippen MR) is 115 cm³/mol. The number of fused-ring (bicyclic) bond motifs is 1. The third-order valence-corrected chi connectivity index (χ3v) is 5.38. The van der Waals surface area contributed by atoms with Gasteiger partial charge in [0.2, 0.25) is 5.91 Å². The van der Waals surface area contributed by atoms with Gasteiger partial charge >= 0.3 is 5.97 Å². The number of esters is 1. The molecule has 1 aromatic rings. The Kier molecular flexibility index (Phi) is 8.68. The molecule has 0 bridgehead atoms. The number of amides is 1. The lowest BCUT2D eigenvalue weighted by Gasteiger charge is -2.16. The minimum absolute atomic E-state index is 0.000414. The first-order valence-corrected chi connectivity index (χ1v) is 10.2. The first kappa shape index (κ1) is 23.7.